The van der Waals surface area contributed by atoms with E-state index in [0.29, 0.717) is 31.0 Å². The van der Waals surface area contributed by atoms with Crippen molar-refractivity contribution in [2.75, 3.05) is 18.9 Å². The third-order valence-corrected chi connectivity index (χ3v) is 10.0. The minimum absolute atomic E-state index is 0.148. The number of nitrogens with one attached hydrogen (secondary N) is 3. The van der Waals surface area contributed by atoms with Crippen molar-refractivity contribution in [1.29, 1.82) is 0 Å². The van der Waals surface area contributed by atoms with Crippen LogP contribution in [0.15, 0.2) is 18.2 Å². The molecule has 0 radical (unpaired) electrons. The largest absolute Gasteiger partial charge is 0.341 e. The third-order valence-electron chi connectivity index (χ3n) is 8.77. The lowest BCUT2D eigenvalue weighted by atomic mass is 9.91. The van der Waals surface area contributed by atoms with Gasteiger partial charge >= 0.3 is 12.1 Å². The Morgan fingerprint density at radius 2 is 1.95 bits per heavy atom. The summed E-state index contributed by atoms with van der Waals surface area (Å²) in [6.07, 6.45) is 5.15. The van der Waals surface area contributed by atoms with Crippen molar-refractivity contribution in [2.45, 2.75) is 70.5 Å². The summed E-state index contributed by atoms with van der Waals surface area (Å²) in [5.74, 6) is -0.0339. The highest BCUT2D eigenvalue weighted by Gasteiger charge is 2.56. The molecular formula is C28H33N5O4S. The Bertz CT molecular complexity index is 1370. The number of hydrogen-bond acceptors (Lipinski definition) is 5. The molecule has 4 aliphatic rings. The van der Waals surface area contributed by atoms with Crippen LogP contribution in [0.2, 0.25) is 0 Å². The van der Waals surface area contributed by atoms with E-state index in [1.54, 1.807) is 30.5 Å². The Labute approximate surface area is 225 Å². The van der Waals surface area contributed by atoms with E-state index >= 15 is 0 Å². The van der Waals surface area contributed by atoms with Gasteiger partial charge in [-0.2, -0.15) is 0 Å². The summed E-state index contributed by atoms with van der Waals surface area (Å²) < 4.78 is 0. The van der Waals surface area contributed by atoms with Crippen molar-refractivity contribution in [1.82, 2.24) is 20.4 Å². The zero-order chi connectivity index (χ0) is 26.8. The normalized spacial score (nSPS) is 24.2. The number of anilines is 1. The van der Waals surface area contributed by atoms with Gasteiger partial charge in [-0.3, -0.25) is 14.5 Å². The first-order valence-electron chi connectivity index (χ1n) is 13.4. The van der Waals surface area contributed by atoms with Crippen molar-refractivity contribution in [3.63, 3.8) is 0 Å². The van der Waals surface area contributed by atoms with Crippen LogP contribution in [-0.4, -0.2) is 53.3 Å². The van der Waals surface area contributed by atoms with Gasteiger partial charge in [0.15, 0.2) is 0 Å². The van der Waals surface area contributed by atoms with E-state index in [1.807, 2.05) is 11.0 Å². The molecule has 9 nitrogen and oxygen atoms in total. The van der Waals surface area contributed by atoms with Crippen LogP contribution in [0.5, 0.6) is 0 Å². The molecule has 10 heteroatoms. The maximum absolute atomic E-state index is 13.8. The Morgan fingerprint density at radius 3 is 2.68 bits per heavy atom. The Hall–Kier alpha value is -3.40. The number of fused-ring (bicyclic) bond motifs is 3. The molecule has 6 amide bonds. The smallest absolute Gasteiger partial charge is 0.325 e. The molecule has 38 heavy (non-hydrogen) atoms. The molecule has 2 aromatic rings. The first-order valence-corrected chi connectivity index (χ1v) is 14.2. The van der Waals surface area contributed by atoms with Crippen molar-refractivity contribution in [2.24, 2.45) is 5.92 Å². The summed E-state index contributed by atoms with van der Waals surface area (Å²) in [6, 6.07) is 4.66. The highest BCUT2D eigenvalue weighted by Crippen LogP contribution is 2.44. The van der Waals surface area contributed by atoms with Gasteiger partial charge in [0.05, 0.1) is 6.54 Å². The lowest BCUT2D eigenvalue weighted by Crippen LogP contribution is -2.48. The number of rotatable bonds is 4. The number of thiophene rings is 1. The molecule has 2 atom stereocenters. The van der Waals surface area contributed by atoms with E-state index < -0.39 is 11.6 Å². The third kappa shape index (κ3) is 3.97. The van der Waals surface area contributed by atoms with Crippen molar-refractivity contribution < 1.29 is 19.2 Å². The molecule has 1 spiro atoms. The lowest BCUT2D eigenvalue weighted by molar-refractivity contribution is -0.141. The van der Waals surface area contributed by atoms with Crippen LogP contribution in [0.4, 0.5) is 15.3 Å². The first-order chi connectivity index (χ1) is 18.2. The summed E-state index contributed by atoms with van der Waals surface area (Å²) in [7, 11) is 1.54. The van der Waals surface area contributed by atoms with Crippen molar-refractivity contribution in [3.05, 3.63) is 50.2 Å². The fourth-order valence-electron chi connectivity index (χ4n) is 6.46. The summed E-state index contributed by atoms with van der Waals surface area (Å²) >= 11 is 1.76. The fraction of sp³-hybridized carbons (Fsp3) is 0.500. The van der Waals surface area contributed by atoms with Crippen LogP contribution in [-0.2, 0) is 34.5 Å². The van der Waals surface area contributed by atoms with Gasteiger partial charge < -0.3 is 20.9 Å². The summed E-state index contributed by atoms with van der Waals surface area (Å²) in [5, 5.41) is 8.18. The molecule has 6 rings (SSSR count). The molecule has 1 aromatic heterocycles. The standard InChI is InChI=1S/C28H33N5O4S/c1-15-16(2)38-23-13-32(22(17-4-5-17)9-7-20(15)23)24(34)14-33-25(35)28(31-27(33)37)11-10-18-12-19(6-8-21(18)28)30-26(36)29-3/h6,8,12,17,22H,4-5,7,9-11,13-14H2,1-3H3,(H,31,37)(H2,29,30,36)/t22-,28-/m0/s1. The Kier molecular flexibility index (Phi) is 5.97. The zero-order valence-corrected chi connectivity index (χ0v) is 22.8. The highest BCUT2D eigenvalue weighted by molar-refractivity contribution is 7.12. The number of hydrogen-bond donors (Lipinski definition) is 3. The number of imide groups is 1. The minimum Gasteiger partial charge on any atom is -0.341 e. The van der Waals surface area contributed by atoms with E-state index in [0.717, 1.165) is 41.7 Å². The van der Waals surface area contributed by atoms with Crippen LogP contribution in [0, 0.1) is 19.8 Å². The lowest BCUT2D eigenvalue weighted by Gasteiger charge is -2.31. The Morgan fingerprint density at radius 1 is 1.16 bits per heavy atom. The molecule has 200 valence electrons. The number of urea groups is 2. The number of carbonyl (C=O) groups is 4. The number of aryl methyl sites for hydroxylation is 2. The second-order valence-corrected chi connectivity index (χ2v) is 12.3. The van der Waals surface area contributed by atoms with Gasteiger partial charge in [-0.05, 0) is 92.7 Å². The monoisotopic (exact) mass is 535 g/mol. The van der Waals surface area contributed by atoms with E-state index in [4.69, 9.17) is 0 Å². The van der Waals surface area contributed by atoms with Gasteiger partial charge in [-0.1, -0.05) is 6.07 Å². The van der Waals surface area contributed by atoms with E-state index in [2.05, 4.69) is 29.8 Å². The van der Waals surface area contributed by atoms with Gasteiger partial charge in [0.2, 0.25) is 5.91 Å². The molecule has 0 bridgehead atoms. The maximum atomic E-state index is 13.8. The van der Waals surface area contributed by atoms with Gasteiger partial charge in [0.1, 0.15) is 12.1 Å². The number of amides is 6. The zero-order valence-electron chi connectivity index (χ0n) is 22.0. The number of carbonyl (C=O) groups excluding carboxylic acids is 4. The van der Waals surface area contributed by atoms with Crippen molar-refractivity contribution >= 4 is 40.9 Å². The molecule has 1 aromatic carbocycles. The van der Waals surface area contributed by atoms with E-state index in [-0.39, 0.29) is 30.4 Å². The van der Waals surface area contributed by atoms with Gasteiger partial charge in [0.25, 0.3) is 5.91 Å². The predicted octanol–water partition coefficient (Wildman–Crippen LogP) is 3.56. The molecular weight excluding hydrogens is 502 g/mol. The summed E-state index contributed by atoms with van der Waals surface area (Å²) in [5.41, 5.74) is 3.79. The predicted molar refractivity (Wildman–Crippen MR) is 144 cm³/mol. The molecule has 2 aliphatic heterocycles. The molecule has 1 saturated heterocycles. The van der Waals surface area contributed by atoms with Crippen LogP contribution in [0.1, 0.15) is 57.7 Å². The van der Waals surface area contributed by atoms with E-state index in [9.17, 15) is 19.2 Å². The highest BCUT2D eigenvalue weighted by atomic mass is 32.1. The first kappa shape index (κ1) is 24.9. The second kappa shape index (κ2) is 9.11. The minimum atomic E-state index is -1.16. The molecule has 2 aliphatic carbocycles. The average Bonchev–Trinajstić information content (AvgIpc) is 3.61. The topological polar surface area (TPSA) is 111 Å². The molecule has 3 N–H and O–H groups in total. The molecule has 1 saturated carbocycles. The van der Waals surface area contributed by atoms with Gasteiger partial charge in [-0.15, -0.1) is 11.3 Å². The van der Waals surface area contributed by atoms with Crippen LogP contribution >= 0.6 is 11.3 Å². The molecule has 3 heterocycles. The van der Waals surface area contributed by atoms with Crippen LogP contribution in [0.25, 0.3) is 0 Å². The SMILES string of the molecule is CNC(=O)Nc1ccc2c(c1)CC[C@]21NC(=O)N(CC(=O)N2Cc3sc(C)c(C)c3CC[C@H]2C2CC2)C1=O. The Balaban J connectivity index is 1.23. The number of nitrogens with zero attached hydrogens (tertiary/aromatic N) is 2. The van der Waals surface area contributed by atoms with E-state index in [1.165, 1.54) is 20.9 Å². The molecule has 2 fully saturated rings. The fourth-order valence-corrected chi connectivity index (χ4v) is 7.68. The quantitative estimate of drug-likeness (QED) is 0.520. The van der Waals surface area contributed by atoms with Crippen molar-refractivity contribution in [3.8, 4) is 0 Å². The van der Waals surface area contributed by atoms with Crippen LogP contribution < -0.4 is 16.0 Å². The molecule has 0 unspecified atom stereocenters. The summed E-state index contributed by atoms with van der Waals surface area (Å²) in [6.45, 7) is 4.59. The van der Waals surface area contributed by atoms with Gasteiger partial charge in [0, 0.05) is 28.5 Å². The summed E-state index contributed by atoms with van der Waals surface area (Å²) in [4.78, 5) is 57.9. The maximum Gasteiger partial charge on any atom is 0.325 e. The second-order valence-electron chi connectivity index (χ2n) is 11.0. The van der Waals surface area contributed by atoms with Gasteiger partial charge in [-0.25, -0.2) is 9.59 Å². The van der Waals surface area contributed by atoms with Crippen LogP contribution in [0.3, 0.4) is 0 Å². The number of benzene rings is 1. The average molecular weight is 536 g/mol.